The first kappa shape index (κ1) is 10.1. The molecule has 1 aliphatic carbocycles. The molecular weight excluding hydrogens is 177 g/mol. The van der Waals surface area contributed by atoms with Gasteiger partial charge in [-0.15, -0.1) is 5.73 Å². The predicted octanol–water partition coefficient (Wildman–Crippen LogP) is 3.62. The third-order valence-corrected chi connectivity index (χ3v) is 2.44. The van der Waals surface area contributed by atoms with Crippen molar-refractivity contribution in [3.63, 3.8) is 0 Å². The molecule has 0 spiro atoms. The van der Waals surface area contributed by atoms with Crippen LogP contribution in [0.2, 0.25) is 0 Å². The summed E-state index contributed by atoms with van der Waals surface area (Å²) in [4.78, 5) is 0. The van der Waals surface area contributed by atoms with Gasteiger partial charge in [0.2, 0.25) is 0 Å². The SMILES string of the molecule is CC1=C=CC(C(F)(F)F)C(C)=C1C. The predicted molar refractivity (Wildman–Crippen MR) is 45.2 cm³/mol. The molecule has 0 fully saturated rings. The van der Waals surface area contributed by atoms with E-state index < -0.39 is 12.1 Å². The van der Waals surface area contributed by atoms with Crippen molar-refractivity contribution in [2.75, 3.05) is 0 Å². The van der Waals surface area contributed by atoms with E-state index in [1.165, 1.54) is 6.92 Å². The van der Waals surface area contributed by atoms with E-state index in [0.29, 0.717) is 11.1 Å². The average Bonchev–Trinajstić information content (AvgIpc) is 1.98. The fraction of sp³-hybridized carbons (Fsp3) is 0.500. The topological polar surface area (TPSA) is 0 Å². The molecule has 1 rings (SSSR count). The molecule has 13 heavy (non-hydrogen) atoms. The quantitative estimate of drug-likeness (QED) is 0.509. The Balaban J connectivity index is 3.16. The molecule has 0 bridgehead atoms. The lowest BCUT2D eigenvalue weighted by Crippen LogP contribution is -2.23. The normalized spacial score (nSPS) is 23.5. The highest BCUT2D eigenvalue weighted by Gasteiger charge is 2.40. The van der Waals surface area contributed by atoms with Crippen LogP contribution in [0.4, 0.5) is 13.2 Å². The summed E-state index contributed by atoms with van der Waals surface area (Å²) in [5.41, 5.74) is 4.50. The van der Waals surface area contributed by atoms with E-state index in [2.05, 4.69) is 5.73 Å². The Morgan fingerprint density at radius 3 is 2.23 bits per heavy atom. The molecule has 1 atom stereocenters. The Kier molecular flexibility index (Phi) is 2.40. The smallest absolute Gasteiger partial charge is 0.170 e. The highest BCUT2D eigenvalue weighted by atomic mass is 19.4. The van der Waals surface area contributed by atoms with Crippen LogP contribution in [0.25, 0.3) is 0 Å². The summed E-state index contributed by atoms with van der Waals surface area (Å²) in [5.74, 6) is -1.45. The Morgan fingerprint density at radius 2 is 1.77 bits per heavy atom. The van der Waals surface area contributed by atoms with Crippen LogP contribution >= 0.6 is 0 Å². The van der Waals surface area contributed by atoms with Crippen molar-refractivity contribution in [3.8, 4) is 0 Å². The van der Waals surface area contributed by atoms with Crippen LogP contribution in [0.5, 0.6) is 0 Å². The van der Waals surface area contributed by atoms with E-state index in [0.717, 1.165) is 11.6 Å². The van der Waals surface area contributed by atoms with Crippen molar-refractivity contribution >= 4 is 0 Å². The fourth-order valence-corrected chi connectivity index (χ4v) is 1.31. The van der Waals surface area contributed by atoms with E-state index in [1.54, 1.807) is 13.8 Å². The molecule has 1 aliphatic rings. The second-order valence-electron chi connectivity index (χ2n) is 3.26. The van der Waals surface area contributed by atoms with Gasteiger partial charge in [0.05, 0.1) is 0 Å². The average molecular weight is 188 g/mol. The first-order chi connectivity index (χ1) is 5.84. The summed E-state index contributed by atoms with van der Waals surface area (Å²) in [6.45, 7) is 4.99. The number of hydrogen-bond acceptors (Lipinski definition) is 0. The number of rotatable bonds is 0. The van der Waals surface area contributed by atoms with Crippen molar-refractivity contribution in [2.45, 2.75) is 26.9 Å². The van der Waals surface area contributed by atoms with Gasteiger partial charge in [0.1, 0.15) is 5.92 Å². The molecule has 0 aromatic rings. The highest BCUT2D eigenvalue weighted by Crippen LogP contribution is 2.37. The van der Waals surface area contributed by atoms with Gasteiger partial charge in [-0.3, -0.25) is 0 Å². The maximum atomic E-state index is 12.4. The van der Waals surface area contributed by atoms with Gasteiger partial charge in [0.15, 0.2) is 0 Å². The molecule has 0 heterocycles. The van der Waals surface area contributed by atoms with Crippen molar-refractivity contribution < 1.29 is 13.2 Å². The lowest BCUT2D eigenvalue weighted by Gasteiger charge is -2.21. The summed E-state index contributed by atoms with van der Waals surface area (Å²) >= 11 is 0. The first-order valence-corrected chi connectivity index (χ1v) is 4.02. The molecule has 72 valence electrons. The standard InChI is InChI=1S/C10H11F3/c1-6-4-5-9(10(11,12)13)8(3)7(6)2/h5,9H,1-3H3. The van der Waals surface area contributed by atoms with Crippen molar-refractivity contribution in [3.05, 3.63) is 28.5 Å². The van der Waals surface area contributed by atoms with E-state index in [4.69, 9.17) is 0 Å². The molecule has 0 aliphatic heterocycles. The van der Waals surface area contributed by atoms with Crippen molar-refractivity contribution in [1.29, 1.82) is 0 Å². The Hall–Kier alpha value is -0.950. The minimum Gasteiger partial charge on any atom is -0.170 e. The summed E-state index contributed by atoms with van der Waals surface area (Å²) in [7, 11) is 0. The van der Waals surface area contributed by atoms with Crippen LogP contribution in [-0.4, -0.2) is 6.18 Å². The van der Waals surface area contributed by atoms with Crippen molar-refractivity contribution in [1.82, 2.24) is 0 Å². The third kappa shape index (κ3) is 1.86. The van der Waals surface area contributed by atoms with E-state index in [1.807, 2.05) is 0 Å². The monoisotopic (exact) mass is 188 g/mol. The van der Waals surface area contributed by atoms with Gasteiger partial charge in [-0.05, 0) is 38.0 Å². The lowest BCUT2D eigenvalue weighted by atomic mass is 9.89. The summed E-state index contributed by atoms with van der Waals surface area (Å²) in [6.07, 6.45) is -3.09. The zero-order valence-corrected chi connectivity index (χ0v) is 7.79. The number of allylic oxidation sites excluding steroid dienone is 3. The highest BCUT2D eigenvalue weighted by molar-refractivity contribution is 5.38. The molecule has 0 amide bonds. The maximum absolute atomic E-state index is 12.4. The zero-order chi connectivity index (χ0) is 10.2. The minimum absolute atomic E-state index is 0.378. The molecule has 0 nitrogen and oxygen atoms in total. The van der Waals surface area contributed by atoms with E-state index >= 15 is 0 Å². The van der Waals surface area contributed by atoms with Gasteiger partial charge in [-0.1, -0.05) is 5.57 Å². The molecule has 0 aromatic carbocycles. The zero-order valence-electron chi connectivity index (χ0n) is 7.79. The van der Waals surface area contributed by atoms with E-state index in [-0.39, 0.29) is 0 Å². The molecule has 0 N–H and O–H groups in total. The molecule has 1 unspecified atom stereocenters. The van der Waals surface area contributed by atoms with Gasteiger partial charge in [-0.2, -0.15) is 13.2 Å². The Bertz CT molecular complexity index is 312. The second-order valence-corrected chi connectivity index (χ2v) is 3.26. The first-order valence-electron chi connectivity index (χ1n) is 4.02. The van der Waals surface area contributed by atoms with Gasteiger partial charge >= 0.3 is 6.18 Å². The molecule has 0 saturated carbocycles. The molecule has 0 radical (unpaired) electrons. The van der Waals surface area contributed by atoms with Crippen molar-refractivity contribution in [2.24, 2.45) is 5.92 Å². The summed E-state index contributed by atoms with van der Waals surface area (Å²) in [5, 5.41) is 0. The summed E-state index contributed by atoms with van der Waals surface area (Å²) < 4.78 is 37.1. The molecule has 0 saturated heterocycles. The maximum Gasteiger partial charge on any atom is 0.399 e. The van der Waals surface area contributed by atoms with Crippen LogP contribution in [0.15, 0.2) is 28.5 Å². The van der Waals surface area contributed by atoms with Crippen LogP contribution in [-0.2, 0) is 0 Å². The van der Waals surface area contributed by atoms with Gasteiger partial charge in [0, 0.05) is 0 Å². The van der Waals surface area contributed by atoms with Gasteiger partial charge < -0.3 is 0 Å². The Morgan fingerprint density at radius 1 is 1.23 bits per heavy atom. The third-order valence-electron chi connectivity index (χ3n) is 2.44. The lowest BCUT2D eigenvalue weighted by molar-refractivity contribution is -0.151. The van der Waals surface area contributed by atoms with Gasteiger partial charge in [-0.25, -0.2) is 0 Å². The second kappa shape index (κ2) is 3.08. The van der Waals surface area contributed by atoms with Gasteiger partial charge in [0.25, 0.3) is 0 Å². The van der Waals surface area contributed by atoms with E-state index in [9.17, 15) is 13.2 Å². The molecule has 3 heteroatoms. The Labute approximate surface area is 75.4 Å². The van der Waals surface area contributed by atoms with Crippen LogP contribution in [0.1, 0.15) is 20.8 Å². The molecule has 0 aromatic heterocycles. The minimum atomic E-state index is -4.18. The largest absolute Gasteiger partial charge is 0.399 e. The number of alkyl halides is 3. The molecular formula is C10H11F3. The van der Waals surface area contributed by atoms with Crippen LogP contribution < -0.4 is 0 Å². The van der Waals surface area contributed by atoms with Crippen LogP contribution in [0.3, 0.4) is 0 Å². The fourth-order valence-electron chi connectivity index (χ4n) is 1.31. The van der Waals surface area contributed by atoms with Crippen LogP contribution in [0, 0.1) is 5.92 Å². The summed E-state index contributed by atoms with van der Waals surface area (Å²) in [6, 6.07) is 0. The number of halogens is 3. The number of hydrogen-bond donors (Lipinski definition) is 0.